The lowest BCUT2D eigenvalue weighted by atomic mass is 10.2. The summed E-state index contributed by atoms with van der Waals surface area (Å²) < 4.78 is 25.5. The molecule has 36 heavy (non-hydrogen) atoms. The van der Waals surface area contributed by atoms with Gasteiger partial charge in [-0.05, 0) is 65.7 Å². The van der Waals surface area contributed by atoms with Crippen LogP contribution in [0.3, 0.4) is 0 Å². The minimum Gasteiger partial charge on any atom is -0.497 e. The Kier molecular flexibility index (Phi) is 9.00. The molecule has 0 atom stereocenters. The first-order valence-corrected chi connectivity index (χ1v) is 10.7. The lowest BCUT2D eigenvalue weighted by molar-refractivity contribution is -0.130. The number of hydrogen-bond acceptors (Lipinski definition) is 8. The Morgan fingerprint density at radius 2 is 1.08 bits per heavy atom. The van der Waals surface area contributed by atoms with Gasteiger partial charge in [0.25, 0.3) is 0 Å². The third kappa shape index (κ3) is 7.33. The summed E-state index contributed by atoms with van der Waals surface area (Å²) in [5, 5.41) is 0. The van der Waals surface area contributed by atoms with Crippen molar-refractivity contribution in [1.82, 2.24) is 0 Å². The summed E-state index contributed by atoms with van der Waals surface area (Å²) >= 11 is 0. The monoisotopic (exact) mass is 488 g/mol. The fraction of sp³-hybridized carbons (Fsp3) is 0.107. The topological polar surface area (TPSA) is 97.4 Å². The molecule has 3 aromatic carbocycles. The first kappa shape index (κ1) is 25.8. The summed E-state index contributed by atoms with van der Waals surface area (Å²) in [6, 6.07) is 18.2. The standard InChI is InChI=1S/C28H24O8/c1-32-21-10-4-19(5-11-21)8-16-26(29)35-23-14-15-25(24(18-23)28(31)34-3)36-27(30)17-9-20-6-12-22(33-2)13-7-20/h4-18H,1-3H3/b16-8+,17-9+. The van der Waals surface area contributed by atoms with Crippen molar-refractivity contribution >= 4 is 30.1 Å². The molecule has 0 radical (unpaired) electrons. The summed E-state index contributed by atoms with van der Waals surface area (Å²) in [7, 11) is 4.32. The van der Waals surface area contributed by atoms with Crippen LogP contribution < -0.4 is 18.9 Å². The predicted molar refractivity (Wildman–Crippen MR) is 133 cm³/mol. The van der Waals surface area contributed by atoms with Gasteiger partial charge in [-0.15, -0.1) is 0 Å². The average Bonchev–Trinajstić information content (AvgIpc) is 2.91. The molecule has 0 aliphatic heterocycles. The number of rotatable bonds is 9. The number of carbonyl (C=O) groups excluding carboxylic acids is 3. The Labute approximate surface area is 208 Å². The SMILES string of the molecule is COC(=O)c1cc(OC(=O)/C=C/c2ccc(OC)cc2)ccc1OC(=O)/C=C/c1ccc(OC)cc1. The number of carbonyl (C=O) groups is 3. The molecule has 8 nitrogen and oxygen atoms in total. The van der Waals surface area contributed by atoms with E-state index >= 15 is 0 Å². The van der Waals surface area contributed by atoms with Gasteiger partial charge in [-0.25, -0.2) is 14.4 Å². The first-order valence-electron chi connectivity index (χ1n) is 10.7. The predicted octanol–water partition coefficient (Wildman–Crippen LogP) is 4.73. The Morgan fingerprint density at radius 1 is 0.611 bits per heavy atom. The van der Waals surface area contributed by atoms with Crippen LogP contribution >= 0.6 is 0 Å². The van der Waals surface area contributed by atoms with Crippen molar-refractivity contribution < 1.29 is 38.1 Å². The molecule has 184 valence electrons. The van der Waals surface area contributed by atoms with Crippen LogP contribution in [0.4, 0.5) is 0 Å². The second-order valence-electron chi connectivity index (χ2n) is 7.20. The highest BCUT2D eigenvalue weighted by atomic mass is 16.5. The van der Waals surface area contributed by atoms with E-state index in [0.29, 0.717) is 11.5 Å². The van der Waals surface area contributed by atoms with E-state index in [0.717, 1.165) is 11.1 Å². The van der Waals surface area contributed by atoms with Crippen molar-refractivity contribution in [2.24, 2.45) is 0 Å². The van der Waals surface area contributed by atoms with Gasteiger partial charge in [0, 0.05) is 12.2 Å². The van der Waals surface area contributed by atoms with Gasteiger partial charge in [0.15, 0.2) is 0 Å². The smallest absolute Gasteiger partial charge is 0.341 e. The quantitative estimate of drug-likeness (QED) is 0.242. The van der Waals surface area contributed by atoms with Crippen molar-refractivity contribution in [2.45, 2.75) is 0 Å². The zero-order chi connectivity index (χ0) is 25.9. The summed E-state index contributed by atoms with van der Waals surface area (Å²) in [5.74, 6) is -0.703. The van der Waals surface area contributed by atoms with Crippen molar-refractivity contribution in [2.75, 3.05) is 21.3 Å². The van der Waals surface area contributed by atoms with Crippen LogP contribution in [0.25, 0.3) is 12.2 Å². The second kappa shape index (κ2) is 12.6. The Bertz CT molecular complexity index is 1270. The Hall–Kier alpha value is -4.85. The largest absolute Gasteiger partial charge is 0.497 e. The lowest BCUT2D eigenvalue weighted by Crippen LogP contribution is -2.11. The minimum atomic E-state index is -0.761. The van der Waals surface area contributed by atoms with Crippen LogP contribution in [0.1, 0.15) is 21.5 Å². The maximum Gasteiger partial charge on any atom is 0.341 e. The zero-order valence-corrected chi connectivity index (χ0v) is 19.9. The zero-order valence-electron chi connectivity index (χ0n) is 19.9. The van der Waals surface area contributed by atoms with E-state index < -0.39 is 17.9 Å². The highest BCUT2D eigenvalue weighted by Gasteiger charge is 2.17. The summed E-state index contributed by atoms with van der Waals surface area (Å²) in [4.78, 5) is 36.8. The maximum atomic E-state index is 12.3. The lowest BCUT2D eigenvalue weighted by Gasteiger charge is -2.09. The van der Waals surface area contributed by atoms with Crippen molar-refractivity contribution in [3.8, 4) is 23.0 Å². The number of methoxy groups -OCH3 is 3. The molecule has 8 heteroatoms. The van der Waals surface area contributed by atoms with Crippen LogP contribution in [0.15, 0.2) is 78.9 Å². The van der Waals surface area contributed by atoms with Crippen LogP contribution in [-0.2, 0) is 14.3 Å². The van der Waals surface area contributed by atoms with Crippen LogP contribution in [0.2, 0.25) is 0 Å². The number of esters is 3. The minimum absolute atomic E-state index is 0.0418. The van der Waals surface area contributed by atoms with Crippen LogP contribution in [0, 0.1) is 0 Å². The highest BCUT2D eigenvalue weighted by molar-refractivity contribution is 5.96. The highest BCUT2D eigenvalue weighted by Crippen LogP contribution is 2.26. The molecule has 0 heterocycles. The van der Waals surface area contributed by atoms with E-state index in [4.69, 9.17) is 23.7 Å². The molecule has 0 unspecified atom stereocenters. The van der Waals surface area contributed by atoms with Gasteiger partial charge in [0.05, 0.1) is 21.3 Å². The molecule has 0 aliphatic rings. The molecule has 0 saturated heterocycles. The summed E-state index contributed by atoms with van der Waals surface area (Å²) in [6.45, 7) is 0. The fourth-order valence-corrected chi connectivity index (χ4v) is 2.98. The molecule has 0 amide bonds. The molecule has 0 saturated carbocycles. The third-order valence-electron chi connectivity index (χ3n) is 4.84. The van der Waals surface area contributed by atoms with E-state index in [1.54, 1.807) is 74.9 Å². The summed E-state index contributed by atoms with van der Waals surface area (Å²) in [6.07, 6.45) is 5.61. The molecule has 0 aromatic heterocycles. The van der Waals surface area contributed by atoms with Gasteiger partial charge in [0.1, 0.15) is 28.6 Å². The molecule has 0 spiro atoms. The molecular weight excluding hydrogens is 464 g/mol. The van der Waals surface area contributed by atoms with Crippen molar-refractivity contribution in [1.29, 1.82) is 0 Å². The Morgan fingerprint density at radius 3 is 1.56 bits per heavy atom. The van der Waals surface area contributed by atoms with Gasteiger partial charge >= 0.3 is 17.9 Å². The van der Waals surface area contributed by atoms with Crippen molar-refractivity contribution in [3.63, 3.8) is 0 Å². The van der Waals surface area contributed by atoms with E-state index in [1.807, 2.05) is 0 Å². The summed E-state index contributed by atoms with van der Waals surface area (Å²) in [5.41, 5.74) is 1.45. The number of hydrogen-bond donors (Lipinski definition) is 0. The van der Waals surface area contributed by atoms with Gasteiger partial charge < -0.3 is 23.7 Å². The van der Waals surface area contributed by atoms with Crippen LogP contribution in [0.5, 0.6) is 23.0 Å². The van der Waals surface area contributed by atoms with E-state index in [2.05, 4.69) is 0 Å². The molecule has 0 N–H and O–H groups in total. The normalized spacial score (nSPS) is 10.8. The van der Waals surface area contributed by atoms with Crippen molar-refractivity contribution in [3.05, 3.63) is 95.6 Å². The first-order chi connectivity index (χ1) is 17.4. The molecular formula is C28H24O8. The second-order valence-corrected chi connectivity index (χ2v) is 7.20. The van der Waals surface area contributed by atoms with E-state index in [9.17, 15) is 14.4 Å². The fourth-order valence-electron chi connectivity index (χ4n) is 2.98. The molecule has 3 rings (SSSR count). The van der Waals surface area contributed by atoms with Gasteiger partial charge in [0.2, 0.25) is 0 Å². The molecule has 0 aliphatic carbocycles. The molecule has 3 aromatic rings. The van der Waals surface area contributed by atoms with Gasteiger partial charge in [-0.3, -0.25) is 0 Å². The molecule has 0 bridgehead atoms. The third-order valence-corrected chi connectivity index (χ3v) is 4.84. The van der Waals surface area contributed by atoms with E-state index in [1.165, 1.54) is 37.5 Å². The number of ether oxygens (including phenoxy) is 5. The van der Waals surface area contributed by atoms with Crippen LogP contribution in [-0.4, -0.2) is 39.2 Å². The van der Waals surface area contributed by atoms with Gasteiger partial charge in [-0.2, -0.15) is 0 Å². The Balaban J connectivity index is 1.68. The average molecular weight is 488 g/mol. The maximum absolute atomic E-state index is 12.3. The van der Waals surface area contributed by atoms with E-state index in [-0.39, 0.29) is 17.1 Å². The number of benzene rings is 3. The molecule has 0 fully saturated rings. The van der Waals surface area contributed by atoms with Gasteiger partial charge in [-0.1, -0.05) is 24.3 Å².